The van der Waals surface area contributed by atoms with Crippen molar-refractivity contribution in [2.45, 2.75) is 19.3 Å². The summed E-state index contributed by atoms with van der Waals surface area (Å²) >= 11 is 0. The summed E-state index contributed by atoms with van der Waals surface area (Å²) in [5.41, 5.74) is 1.69. The minimum absolute atomic E-state index is 0.0600. The molecule has 2 heterocycles. The van der Waals surface area contributed by atoms with Gasteiger partial charge in [-0.15, -0.1) is 10.2 Å². The summed E-state index contributed by atoms with van der Waals surface area (Å²) in [6, 6.07) is 12.6. The standard InChI is InChI=1S/C17H17N5O/c18-12-13-5-4-6-14(11-13)19-16-8-7-15(20-21-16)17(23)22-9-2-1-3-10-22/h4-8,11H,1-3,9-10H2,(H,19,21). The largest absolute Gasteiger partial charge is 0.339 e. The molecule has 3 rings (SSSR count). The van der Waals surface area contributed by atoms with Crippen LogP contribution in [0.25, 0.3) is 0 Å². The Bertz CT molecular complexity index is 729. The fraction of sp³-hybridized carbons (Fsp3) is 0.294. The van der Waals surface area contributed by atoms with E-state index < -0.39 is 0 Å². The molecule has 1 aliphatic heterocycles. The van der Waals surface area contributed by atoms with Crippen LogP contribution in [-0.4, -0.2) is 34.1 Å². The summed E-state index contributed by atoms with van der Waals surface area (Å²) in [5.74, 6) is 0.477. The molecule has 1 aromatic heterocycles. The number of carbonyl (C=O) groups is 1. The normalized spacial score (nSPS) is 14.1. The van der Waals surface area contributed by atoms with Crippen LogP contribution in [0.5, 0.6) is 0 Å². The van der Waals surface area contributed by atoms with Crippen LogP contribution in [-0.2, 0) is 0 Å². The van der Waals surface area contributed by atoms with Gasteiger partial charge in [0.2, 0.25) is 0 Å². The fourth-order valence-corrected chi connectivity index (χ4v) is 2.59. The second kappa shape index (κ2) is 6.88. The lowest BCUT2D eigenvalue weighted by Crippen LogP contribution is -2.36. The molecule has 1 N–H and O–H groups in total. The smallest absolute Gasteiger partial charge is 0.274 e. The van der Waals surface area contributed by atoms with Gasteiger partial charge in [0.15, 0.2) is 11.5 Å². The molecule has 0 unspecified atom stereocenters. The van der Waals surface area contributed by atoms with Crippen molar-refractivity contribution in [3.05, 3.63) is 47.7 Å². The maximum atomic E-state index is 12.3. The van der Waals surface area contributed by atoms with Gasteiger partial charge in [0.1, 0.15) is 0 Å². The van der Waals surface area contributed by atoms with Crippen LogP contribution in [0.3, 0.4) is 0 Å². The van der Waals surface area contributed by atoms with E-state index in [-0.39, 0.29) is 5.91 Å². The summed E-state index contributed by atoms with van der Waals surface area (Å²) in [6.07, 6.45) is 3.28. The third-order valence-corrected chi connectivity index (χ3v) is 3.79. The second-order valence-corrected chi connectivity index (χ2v) is 5.47. The van der Waals surface area contributed by atoms with Crippen molar-refractivity contribution in [3.8, 4) is 6.07 Å². The Labute approximate surface area is 134 Å². The topological polar surface area (TPSA) is 81.9 Å². The fourth-order valence-electron chi connectivity index (χ4n) is 2.59. The van der Waals surface area contributed by atoms with E-state index in [0.29, 0.717) is 17.1 Å². The van der Waals surface area contributed by atoms with Crippen LogP contribution in [0, 0.1) is 11.3 Å². The van der Waals surface area contributed by atoms with Crippen molar-refractivity contribution in [1.82, 2.24) is 15.1 Å². The predicted molar refractivity (Wildman–Crippen MR) is 86.2 cm³/mol. The van der Waals surface area contributed by atoms with Crippen LogP contribution in [0.2, 0.25) is 0 Å². The van der Waals surface area contributed by atoms with Gasteiger partial charge in [0.05, 0.1) is 11.6 Å². The lowest BCUT2D eigenvalue weighted by Gasteiger charge is -2.26. The SMILES string of the molecule is N#Cc1cccc(Nc2ccc(C(=O)N3CCCCC3)nn2)c1. The third-order valence-electron chi connectivity index (χ3n) is 3.79. The van der Waals surface area contributed by atoms with Gasteiger partial charge in [0.25, 0.3) is 5.91 Å². The number of aromatic nitrogens is 2. The van der Waals surface area contributed by atoms with Crippen molar-refractivity contribution >= 4 is 17.4 Å². The number of rotatable bonds is 3. The van der Waals surface area contributed by atoms with Crippen molar-refractivity contribution < 1.29 is 4.79 Å². The molecule has 0 atom stereocenters. The Kier molecular flexibility index (Phi) is 4.48. The van der Waals surface area contributed by atoms with Gasteiger partial charge in [-0.25, -0.2) is 0 Å². The van der Waals surface area contributed by atoms with E-state index >= 15 is 0 Å². The molecule has 1 amide bonds. The summed E-state index contributed by atoms with van der Waals surface area (Å²) in [7, 11) is 0. The molecule has 6 nitrogen and oxygen atoms in total. The van der Waals surface area contributed by atoms with Gasteiger partial charge in [0, 0.05) is 18.8 Å². The van der Waals surface area contributed by atoms with Crippen molar-refractivity contribution in [1.29, 1.82) is 5.26 Å². The highest BCUT2D eigenvalue weighted by Crippen LogP contribution is 2.16. The summed E-state index contributed by atoms with van der Waals surface area (Å²) in [6.45, 7) is 1.59. The van der Waals surface area contributed by atoms with Crippen molar-refractivity contribution in [3.63, 3.8) is 0 Å². The highest BCUT2D eigenvalue weighted by molar-refractivity contribution is 5.92. The summed E-state index contributed by atoms with van der Waals surface area (Å²) in [4.78, 5) is 14.2. The Morgan fingerprint density at radius 3 is 2.65 bits per heavy atom. The van der Waals surface area contributed by atoms with E-state index in [9.17, 15) is 4.79 Å². The summed E-state index contributed by atoms with van der Waals surface area (Å²) in [5, 5.41) is 20.1. The third kappa shape index (κ3) is 3.64. The first-order valence-electron chi connectivity index (χ1n) is 7.66. The van der Waals surface area contributed by atoms with Crippen molar-refractivity contribution in [2.75, 3.05) is 18.4 Å². The Hall–Kier alpha value is -2.94. The average Bonchev–Trinajstić information content (AvgIpc) is 2.63. The molecule has 0 aliphatic carbocycles. The number of anilines is 2. The number of nitriles is 1. The number of nitrogens with one attached hydrogen (secondary N) is 1. The van der Waals surface area contributed by atoms with E-state index in [4.69, 9.17) is 5.26 Å². The summed E-state index contributed by atoms with van der Waals surface area (Å²) < 4.78 is 0. The van der Waals surface area contributed by atoms with E-state index in [1.54, 1.807) is 30.3 Å². The molecule has 2 aromatic rings. The van der Waals surface area contributed by atoms with Crippen LogP contribution in [0.15, 0.2) is 36.4 Å². The first-order valence-corrected chi connectivity index (χ1v) is 7.66. The van der Waals surface area contributed by atoms with Gasteiger partial charge < -0.3 is 10.2 Å². The molecular formula is C17H17N5O. The van der Waals surface area contributed by atoms with Gasteiger partial charge in [-0.1, -0.05) is 6.07 Å². The van der Waals surface area contributed by atoms with Gasteiger partial charge in [-0.3, -0.25) is 4.79 Å². The Morgan fingerprint density at radius 2 is 1.96 bits per heavy atom. The minimum atomic E-state index is -0.0600. The molecule has 1 fully saturated rings. The van der Waals surface area contributed by atoms with Crippen LogP contribution in [0.1, 0.15) is 35.3 Å². The van der Waals surface area contributed by atoms with Crippen LogP contribution in [0.4, 0.5) is 11.5 Å². The van der Waals surface area contributed by atoms with E-state index in [1.165, 1.54) is 6.42 Å². The number of nitrogens with zero attached hydrogens (tertiary/aromatic N) is 4. The van der Waals surface area contributed by atoms with Crippen molar-refractivity contribution in [2.24, 2.45) is 0 Å². The molecule has 0 spiro atoms. The molecular weight excluding hydrogens is 290 g/mol. The zero-order valence-corrected chi connectivity index (χ0v) is 12.7. The maximum absolute atomic E-state index is 12.3. The molecule has 0 bridgehead atoms. The lowest BCUT2D eigenvalue weighted by atomic mass is 10.1. The second-order valence-electron chi connectivity index (χ2n) is 5.47. The number of carbonyl (C=O) groups excluding carboxylic acids is 1. The number of benzene rings is 1. The molecule has 0 radical (unpaired) electrons. The minimum Gasteiger partial charge on any atom is -0.339 e. The highest BCUT2D eigenvalue weighted by Gasteiger charge is 2.19. The maximum Gasteiger partial charge on any atom is 0.274 e. The number of amides is 1. The highest BCUT2D eigenvalue weighted by atomic mass is 16.2. The number of piperidine rings is 1. The van der Waals surface area contributed by atoms with E-state index in [1.807, 2.05) is 11.0 Å². The number of likely N-dealkylation sites (tertiary alicyclic amines) is 1. The first-order chi connectivity index (χ1) is 11.3. The molecule has 23 heavy (non-hydrogen) atoms. The first kappa shape index (κ1) is 15.0. The monoisotopic (exact) mass is 307 g/mol. The van der Waals surface area contributed by atoms with E-state index in [0.717, 1.165) is 31.6 Å². The zero-order valence-electron chi connectivity index (χ0n) is 12.7. The zero-order chi connectivity index (χ0) is 16.1. The molecule has 116 valence electrons. The van der Waals surface area contributed by atoms with Gasteiger partial charge in [-0.2, -0.15) is 5.26 Å². The quantitative estimate of drug-likeness (QED) is 0.942. The Balaban J connectivity index is 1.69. The predicted octanol–water partition coefficient (Wildman–Crippen LogP) is 2.72. The molecule has 1 saturated heterocycles. The van der Waals surface area contributed by atoms with Gasteiger partial charge >= 0.3 is 0 Å². The molecule has 1 aromatic carbocycles. The molecule has 6 heteroatoms. The molecule has 0 saturated carbocycles. The lowest BCUT2D eigenvalue weighted by molar-refractivity contribution is 0.0717. The average molecular weight is 307 g/mol. The van der Waals surface area contributed by atoms with Crippen LogP contribution < -0.4 is 5.32 Å². The number of hydrogen-bond acceptors (Lipinski definition) is 5. The number of hydrogen-bond donors (Lipinski definition) is 1. The molecule has 1 aliphatic rings. The van der Waals surface area contributed by atoms with E-state index in [2.05, 4.69) is 21.6 Å². The Morgan fingerprint density at radius 1 is 1.13 bits per heavy atom. The van der Waals surface area contributed by atoms with Crippen LogP contribution >= 0.6 is 0 Å². The van der Waals surface area contributed by atoms with Gasteiger partial charge in [-0.05, 0) is 49.6 Å².